The van der Waals surface area contributed by atoms with Crippen molar-refractivity contribution in [3.63, 3.8) is 0 Å². The molecule has 19 heavy (non-hydrogen) atoms. The number of piperidine rings is 1. The predicted molar refractivity (Wildman–Crippen MR) is 79.6 cm³/mol. The van der Waals surface area contributed by atoms with Crippen LogP contribution in [0, 0.1) is 13.8 Å². The van der Waals surface area contributed by atoms with Gasteiger partial charge in [0.1, 0.15) is 0 Å². The molecule has 3 heterocycles. The highest BCUT2D eigenvalue weighted by atomic mass is 15.1. The highest BCUT2D eigenvalue weighted by Crippen LogP contribution is 2.29. The second-order valence-electron chi connectivity index (χ2n) is 5.73. The fraction of sp³-hybridized carbons (Fsp3) is 0.562. The highest BCUT2D eigenvalue weighted by Gasteiger charge is 2.21. The van der Waals surface area contributed by atoms with Gasteiger partial charge < -0.3 is 9.47 Å². The smallest absolute Gasteiger partial charge is 0.0519 e. The first-order valence-electron chi connectivity index (χ1n) is 7.35. The Labute approximate surface area is 115 Å². The van der Waals surface area contributed by atoms with Gasteiger partial charge in [0.2, 0.25) is 0 Å². The first-order chi connectivity index (χ1) is 9.19. The van der Waals surface area contributed by atoms with Gasteiger partial charge in [-0.1, -0.05) is 6.92 Å². The molecule has 1 aliphatic rings. The standard InChI is InChI=1S/C16H23N3/c1-4-18-7-5-14(6-8-18)19-11-12(2)15-10-17-13(3)9-16(15)19/h9-11,14H,4-8H2,1-3H3. The Balaban J connectivity index is 1.95. The van der Waals surface area contributed by atoms with E-state index in [1.165, 1.54) is 48.9 Å². The molecule has 0 bridgehead atoms. The van der Waals surface area contributed by atoms with Gasteiger partial charge in [-0.15, -0.1) is 0 Å². The van der Waals surface area contributed by atoms with Gasteiger partial charge >= 0.3 is 0 Å². The SMILES string of the molecule is CCN1CCC(n2cc(C)c3cnc(C)cc32)CC1. The van der Waals surface area contributed by atoms with Crippen LogP contribution in [0.3, 0.4) is 0 Å². The van der Waals surface area contributed by atoms with Gasteiger partial charge in [-0.25, -0.2) is 0 Å². The lowest BCUT2D eigenvalue weighted by Crippen LogP contribution is -2.34. The summed E-state index contributed by atoms with van der Waals surface area (Å²) in [5, 5.41) is 1.31. The summed E-state index contributed by atoms with van der Waals surface area (Å²) in [6.45, 7) is 10.2. The van der Waals surface area contributed by atoms with Crippen LogP contribution in [0.15, 0.2) is 18.5 Å². The average Bonchev–Trinajstić information content (AvgIpc) is 2.75. The minimum absolute atomic E-state index is 0.654. The van der Waals surface area contributed by atoms with Crippen LogP contribution in [0.4, 0.5) is 0 Å². The molecule has 0 amide bonds. The first-order valence-corrected chi connectivity index (χ1v) is 7.35. The minimum Gasteiger partial charge on any atom is -0.344 e. The maximum Gasteiger partial charge on any atom is 0.0519 e. The molecule has 0 radical (unpaired) electrons. The lowest BCUT2D eigenvalue weighted by atomic mass is 10.0. The number of fused-ring (bicyclic) bond motifs is 1. The molecule has 0 spiro atoms. The molecule has 3 nitrogen and oxygen atoms in total. The number of hydrogen-bond acceptors (Lipinski definition) is 2. The van der Waals surface area contributed by atoms with E-state index in [2.05, 4.69) is 47.5 Å². The van der Waals surface area contributed by atoms with Crippen molar-refractivity contribution in [2.24, 2.45) is 0 Å². The summed E-state index contributed by atoms with van der Waals surface area (Å²) in [5.74, 6) is 0. The molecule has 0 atom stereocenters. The summed E-state index contributed by atoms with van der Waals surface area (Å²) in [7, 11) is 0. The van der Waals surface area contributed by atoms with Gasteiger partial charge in [0, 0.05) is 42.6 Å². The molecule has 102 valence electrons. The first kappa shape index (κ1) is 12.7. The van der Waals surface area contributed by atoms with E-state index in [1.807, 2.05) is 6.20 Å². The van der Waals surface area contributed by atoms with Crippen molar-refractivity contribution in [2.45, 2.75) is 39.7 Å². The van der Waals surface area contributed by atoms with E-state index in [4.69, 9.17) is 0 Å². The lowest BCUT2D eigenvalue weighted by molar-refractivity contribution is 0.197. The number of pyridine rings is 1. The second-order valence-corrected chi connectivity index (χ2v) is 5.73. The number of aryl methyl sites for hydroxylation is 2. The van der Waals surface area contributed by atoms with E-state index in [-0.39, 0.29) is 0 Å². The van der Waals surface area contributed by atoms with Crippen molar-refractivity contribution in [3.05, 3.63) is 29.7 Å². The molecular weight excluding hydrogens is 234 g/mol. The molecule has 0 unspecified atom stereocenters. The van der Waals surface area contributed by atoms with Gasteiger partial charge in [-0.05, 0) is 44.9 Å². The molecule has 0 N–H and O–H groups in total. The third kappa shape index (κ3) is 2.27. The zero-order valence-electron chi connectivity index (χ0n) is 12.2. The zero-order valence-corrected chi connectivity index (χ0v) is 12.2. The summed E-state index contributed by atoms with van der Waals surface area (Å²) in [5.41, 5.74) is 3.82. The van der Waals surface area contributed by atoms with E-state index in [0.29, 0.717) is 6.04 Å². The van der Waals surface area contributed by atoms with Crippen LogP contribution < -0.4 is 0 Å². The number of nitrogens with zero attached hydrogens (tertiary/aromatic N) is 3. The number of likely N-dealkylation sites (tertiary alicyclic amines) is 1. The van der Waals surface area contributed by atoms with Crippen molar-refractivity contribution in [1.29, 1.82) is 0 Å². The number of rotatable bonds is 2. The Hall–Kier alpha value is -1.35. The Bertz CT molecular complexity index is 577. The molecule has 0 saturated carbocycles. The zero-order chi connectivity index (χ0) is 13.4. The lowest BCUT2D eigenvalue weighted by Gasteiger charge is -2.32. The summed E-state index contributed by atoms with van der Waals surface area (Å²) in [6.07, 6.45) is 6.87. The van der Waals surface area contributed by atoms with E-state index >= 15 is 0 Å². The Morgan fingerprint density at radius 3 is 2.68 bits per heavy atom. The molecule has 2 aromatic rings. The van der Waals surface area contributed by atoms with E-state index in [0.717, 1.165) is 5.69 Å². The molecule has 1 fully saturated rings. The van der Waals surface area contributed by atoms with Gasteiger partial charge in [0.25, 0.3) is 0 Å². The normalized spacial score (nSPS) is 18.3. The number of aromatic nitrogens is 2. The molecule has 1 aliphatic heterocycles. The Kier molecular flexibility index (Phi) is 3.31. The summed E-state index contributed by atoms with van der Waals surface area (Å²) >= 11 is 0. The quantitative estimate of drug-likeness (QED) is 0.823. The maximum absolute atomic E-state index is 4.43. The van der Waals surface area contributed by atoms with Crippen LogP contribution in [-0.2, 0) is 0 Å². The molecule has 2 aromatic heterocycles. The molecule has 3 rings (SSSR count). The topological polar surface area (TPSA) is 21.1 Å². The largest absolute Gasteiger partial charge is 0.344 e. The van der Waals surface area contributed by atoms with Crippen LogP contribution in [0.5, 0.6) is 0 Å². The third-order valence-electron chi connectivity index (χ3n) is 4.45. The Morgan fingerprint density at radius 2 is 2.00 bits per heavy atom. The van der Waals surface area contributed by atoms with Gasteiger partial charge in [-0.2, -0.15) is 0 Å². The van der Waals surface area contributed by atoms with Crippen molar-refractivity contribution in [1.82, 2.24) is 14.5 Å². The van der Waals surface area contributed by atoms with Crippen LogP contribution in [0.1, 0.15) is 37.1 Å². The van der Waals surface area contributed by atoms with Crippen molar-refractivity contribution in [3.8, 4) is 0 Å². The highest BCUT2D eigenvalue weighted by molar-refractivity contribution is 5.83. The third-order valence-corrected chi connectivity index (χ3v) is 4.45. The fourth-order valence-electron chi connectivity index (χ4n) is 3.23. The molecule has 0 aliphatic carbocycles. The molecule has 0 aromatic carbocycles. The average molecular weight is 257 g/mol. The van der Waals surface area contributed by atoms with Crippen LogP contribution in [0.2, 0.25) is 0 Å². The van der Waals surface area contributed by atoms with Crippen LogP contribution >= 0.6 is 0 Å². The molecular formula is C16H23N3. The van der Waals surface area contributed by atoms with Gasteiger partial charge in [-0.3, -0.25) is 4.98 Å². The van der Waals surface area contributed by atoms with Gasteiger partial charge in [0.05, 0.1) is 5.52 Å². The monoisotopic (exact) mass is 257 g/mol. The van der Waals surface area contributed by atoms with Crippen molar-refractivity contribution >= 4 is 10.9 Å². The van der Waals surface area contributed by atoms with E-state index in [9.17, 15) is 0 Å². The second kappa shape index (κ2) is 4.97. The van der Waals surface area contributed by atoms with Crippen molar-refractivity contribution < 1.29 is 0 Å². The Morgan fingerprint density at radius 1 is 1.26 bits per heavy atom. The minimum atomic E-state index is 0.654. The summed E-state index contributed by atoms with van der Waals surface area (Å²) < 4.78 is 2.49. The van der Waals surface area contributed by atoms with Crippen LogP contribution in [-0.4, -0.2) is 34.1 Å². The summed E-state index contributed by atoms with van der Waals surface area (Å²) in [6, 6.07) is 2.88. The van der Waals surface area contributed by atoms with E-state index in [1.54, 1.807) is 0 Å². The maximum atomic E-state index is 4.43. The number of hydrogen-bond donors (Lipinski definition) is 0. The van der Waals surface area contributed by atoms with E-state index < -0.39 is 0 Å². The summed E-state index contributed by atoms with van der Waals surface area (Å²) in [4.78, 5) is 6.97. The van der Waals surface area contributed by atoms with Gasteiger partial charge in [0.15, 0.2) is 0 Å². The molecule has 3 heteroatoms. The predicted octanol–water partition coefficient (Wildman–Crippen LogP) is 3.31. The fourth-order valence-corrected chi connectivity index (χ4v) is 3.23. The van der Waals surface area contributed by atoms with Crippen LogP contribution in [0.25, 0.3) is 10.9 Å². The molecule has 1 saturated heterocycles. The van der Waals surface area contributed by atoms with Crippen molar-refractivity contribution in [2.75, 3.05) is 19.6 Å².